The molecule has 5 nitrogen and oxygen atoms in total. The third-order valence-corrected chi connectivity index (χ3v) is 6.87. The highest BCUT2D eigenvalue weighted by molar-refractivity contribution is 6.04. The molecule has 2 amide bonds. The summed E-state index contributed by atoms with van der Waals surface area (Å²) in [7, 11) is 0. The molecule has 2 N–H and O–H groups in total. The van der Waals surface area contributed by atoms with Gasteiger partial charge in [-0.15, -0.1) is 0 Å². The first-order valence-electron chi connectivity index (χ1n) is 12.2. The van der Waals surface area contributed by atoms with Gasteiger partial charge in [-0.3, -0.25) is 14.5 Å². The second-order valence-electron chi connectivity index (χ2n) is 9.29. The van der Waals surface area contributed by atoms with Crippen molar-refractivity contribution in [2.24, 2.45) is 0 Å². The predicted molar refractivity (Wildman–Crippen MR) is 128 cm³/mol. The summed E-state index contributed by atoms with van der Waals surface area (Å²) in [5.41, 5.74) is 2.09. The highest BCUT2D eigenvalue weighted by Gasteiger charge is 2.38. The van der Waals surface area contributed by atoms with Crippen molar-refractivity contribution >= 4 is 17.5 Å². The molecule has 33 heavy (non-hydrogen) atoms. The molecule has 2 fully saturated rings. The summed E-state index contributed by atoms with van der Waals surface area (Å²) in [5, 5.41) is 6.53. The summed E-state index contributed by atoms with van der Waals surface area (Å²) in [6, 6.07) is 12.5. The summed E-state index contributed by atoms with van der Waals surface area (Å²) in [5.74, 6) is -0.824. The van der Waals surface area contributed by atoms with E-state index in [1.165, 1.54) is 23.5 Å². The van der Waals surface area contributed by atoms with Crippen molar-refractivity contribution in [3.63, 3.8) is 0 Å². The number of hydrogen-bond donors (Lipinski definition) is 2. The van der Waals surface area contributed by atoms with Crippen LogP contribution in [-0.2, 0) is 9.59 Å². The molecule has 6 heteroatoms. The Hall–Kier alpha value is -2.73. The Morgan fingerprint density at radius 3 is 2.45 bits per heavy atom. The number of aryl methyl sites for hydroxylation is 1. The fourth-order valence-electron chi connectivity index (χ4n) is 5.08. The fraction of sp³-hybridized carbons (Fsp3) is 0.481. The van der Waals surface area contributed by atoms with Crippen LogP contribution < -0.4 is 15.5 Å². The Balaban J connectivity index is 1.76. The molecule has 2 aromatic carbocycles. The molecule has 1 aliphatic carbocycles. The van der Waals surface area contributed by atoms with E-state index in [2.05, 4.69) is 10.6 Å². The van der Waals surface area contributed by atoms with E-state index in [-0.39, 0.29) is 17.9 Å². The van der Waals surface area contributed by atoms with Crippen molar-refractivity contribution in [1.29, 1.82) is 0 Å². The Kier molecular flexibility index (Phi) is 7.76. The van der Waals surface area contributed by atoms with E-state index in [1.807, 2.05) is 31.2 Å². The van der Waals surface area contributed by atoms with Gasteiger partial charge in [-0.2, -0.15) is 0 Å². The first-order valence-corrected chi connectivity index (χ1v) is 12.2. The van der Waals surface area contributed by atoms with Crippen molar-refractivity contribution in [2.75, 3.05) is 11.4 Å². The summed E-state index contributed by atoms with van der Waals surface area (Å²) < 4.78 is 14.3. The minimum Gasteiger partial charge on any atom is -0.351 e. The number of nitrogens with zero attached hydrogens (tertiary/aromatic N) is 1. The Morgan fingerprint density at radius 2 is 1.76 bits per heavy atom. The molecule has 1 saturated carbocycles. The quantitative estimate of drug-likeness (QED) is 0.663. The van der Waals surface area contributed by atoms with Gasteiger partial charge in [0.15, 0.2) is 0 Å². The standard InChI is InChI=1S/C27H34FN3O2/c1-19-10-5-6-15-23(19)25(26(32)30-21-12-3-2-4-13-21)31(22-14-9-11-20(28)18-22)27(33)24-16-7-8-17-29-24/h5-6,9-11,14-15,18,21,24-25,29H,2-4,7-8,12-13,16-17H2,1H3,(H,30,32)/t24-,25+/m0/s1. The summed E-state index contributed by atoms with van der Waals surface area (Å²) in [6.45, 7) is 2.71. The molecular formula is C27H34FN3O2. The minimum absolute atomic E-state index is 0.107. The van der Waals surface area contributed by atoms with E-state index in [4.69, 9.17) is 0 Å². The number of carbonyl (C=O) groups is 2. The second-order valence-corrected chi connectivity index (χ2v) is 9.29. The SMILES string of the molecule is Cc1ccccc1[C@H](C(=O)NC1CCCCC1)N(C(=O)[C@@H]1CCCCN1)c1cccc(F)c1. The van der Waals surface area contributed by atoms with Gasteiger partial charge < -0.3 is 10.6 Å². The van der Waals surface area contributed by atoms with Crippen molar-refractivity contribution in [3.8, 4) is 0 Å². The van der Waals surface area contributed by atoms with Crippen LogP contribution in [0.1, 0.15) is 68.5 Å². The zero-order valence-corrected chi connectivity index (χ0v) is 19.4. The Bertz CT molecular complexity index is 967. The molecular weight excluding hydrogens is 417 g/mol. The molecule has 0 spiro atoms. The topological polar surface area (TPSA) is 61.4 Å². The van der Waals surface area contributed by atoms with E-state index < -0.39 is 17.9 Å². The van der Waals surface area contributed by atoms with Crippen LogP contribution in [0.3, 0.4) is 0 Å². The van der Waals surface area contributed by atoms with Gasteiger partial charge in [-0.1, -0.05) is 56.0 Å². The zero-order chi connectivity index (χ0) is 23.2. The van der Waals surface area contributed by atoms with Crippen LogP contribution in [0.4, 0.5) is 10.1 Å². The number of anilines is 1. The van der Waals surface area contributed by atoms with Crippen molar-refractivity contribution in [1.82, 2.24) is 10.6 Å². The molecule has 1 heterocycles. The first-order chi connectivity index (χ1) is 16.0. The molecule has 0 radical (unpaired) electrons. The lowest BCUT2D eigenvalue weighted by molar-refractivity contribution is -0.128. The van der Waals surface area contributed by atoms with Gasteiger partial charge in [-0.05, 0) is 68.5 Å². The molecule has 2 aromatic rings. The monoisotopic (exact) mass is 451 g/mol. The van der Waals surface area contributed by atoms with E-state index in [9.17, 15) is 14.0 Å². The van der Waals surface area contributed by atoms with Gasteiger partial charge in [0.05, 0.1) is 6.04 Å². The average molecular weight is 452 g/mol. The fourth-order valence-corrected chi connectivity index (χ4v) is 5.08. The molecule has 0 bridgehead atoms. The summed E-state index contributed by atoms with van der Waals surface area (Å²) in [4.78, 5) is 29.2. The number of benzene rings is 2. The van der Waals surface area contributed by atoms with E-state index >= 15 is 0 Å². The molecule has 0 aromatic heterocycles. The Labute approximate surface area is 195 Å². The summed E-state index contributed by atoms with van der Waals surface area (Å²) in [6.07, 6.45) is 7.95. The first kappa shape index (κ1) is 23.4. The maximum absolute atomic E-state index is 14.3. The molecule has 1 saturated heterocycles. The smallest absolute Gasteiger partial charge is 0.248 e. The Morgan fingerprint density at radius 1 is 1.00 bits per heavy atom. The van der Waals surface area contributed by atoms with Gasteiger partial charge >= 0.3 is 0 Å². The highest BCUT2D eigenvalue weighted by atomic mass is 19.1. The van der Waals surface area contributed by atoms with Gasteiger partial charge in [0, 0.05) is 11.7 Å². The van der Waals surface area contributed by atoms with Crippen molar-refractivity contribution in [2.45, 2.75) is 76.4 Å². The lowest BCUT2D eigenvalue weighted by Crippen LogP contribution is -2.53. The number of hydrogen-bond acceptors (Lipinski definition) is 3. The van der Waals surface area contributed by atoms with Gasteiger partial charge in [-0.25, -0.2) is 4.39 Å². The second kappa shape index (κ2) is 10.9. The zero-order valence-electron chi connectivity index (χ0n) is 19.4. The van der Waals surface area contributed by atoms with Crippen LogP contribution in [0.25, 0.3) is 0 Å². The maximum atomic E-state index is 14.3. The number of rotatable bonds is 6. The summed E-state index contributed by atoms with van der Waals surface area (Å²) >= 11 is 0. The molecule has 0 unspecified atom stereocenters. The van der Waals surface area contributed by atoms with Crippen LogP contribution in [0.2, 0.25) is 0 Å². The number of halogens is 1. The lowest BCUT2D eigenvalue weighted by atomic mass is 9.93. The molecule has 176 valence electrons. The van der Waals surface area contributed by atoms with Gasteiger partial charge in [0.25, 0.3) is 0 Å². The van der Waals surface area contributed by atoms with Gasteiger partial charge in [0.2, 0.25) is 11.8 Å². The van der Waals surface area contributed by atoms with Crippen molar-refractivity contribution in [3.05, 3.63) is 65.5 Å². The maximum Gasteiger partial charge on any atom is 0.248 e. The normalized spacial score (nSPS) is 20.1. The number of amides is 2. The van der Waals surface area contributed by atoms with Crippen molar-refractivity contribution < 1.29 is 14.0 Å². The van der Waals surface area contributed by atoms with E-state index in [0.717, 1.165) is 56.2 Å². The van der Waals surface area contributed by atoms with Crippen LogP contribution in [-0.4, -0.2) is 30.4 Å². The molecule has 2 aliphatic rings. The number of carbonyl (C=O) groups excluding carboxylic acids is 2. The molecule has 4 rings (SSSR count). The highest BCUT2D eigenvalue weighted by Crippen LogP contribution is 2.32. The third-order valence-electron chi connectivity index (χ3n) is 6.87. The lowest BCUT2D eigenvalue weighted by Gasteiger charge is -2.37. The van der Waals surface area contributed by atoms with Crippen LogP contribution >= 0.6 is 0 Å². The minimum atomic E-state index is -0.869. The predicted octanol–water partition coefficient (Wildman–Crippen LogP) is 4.80. The average Bonchev–Trinajstić information content (AvgIpc) is 2.84. The number of nitrogens with one attached hydrogen (secondary N) is 2. The van der Waals surface area contributed by atoms with E-state index in [0.29, 0.717) is 12.1 Å². The third kappa shape index (κ3) is 5.61. The molecule has 1 aliphatic heterocycles. The van der Waals surface area contributed by atoms with Crippen LogP contribution in [0.5, 0.6) is 0 Å². The largest absolute Gasteiger partial charge is 0.351 e. The van der Waals surface area contributed by atoms with Crippen LogP contribution in [0.15, 0.2) is 48.5 Å². The van der Waals surface area contributed by atoms with E-state index in [1.54, 1.807) is 12.1 Å². The van der Waals surface area contributed by atoms with Gasteiger partial charge in [0.1, 0.15) is 11.9 Å². The van der Waals surface area contributed by atoms with Crippen LogP contribution in [0, 0.1) is 12.7 Å². The number of piperidine rings is 1. The molecule has 2 atom stereocenters.